The predicted octanol–water partition coefficient (Wildman–Crippen LogP) is 2.43. The summed E-state index contributed by atoms with van der Waals surface area (Å²) in [6.07, 6.45) is 2.50. The highest BCUT2D eigenvalue weighted by Gasteiger charge is 2.26. The Bertz CT molecular complexity index is 310. The van der Waals surface area contributed by atoms with Gasteiger partial charge < -0.3 is 5.32 Å². The van der Waals surface area contributed by atoms with E-state index in [9.17, 15) is 0 Å². The Labute approximate surface area is 98.7 Å². The normalized spacial score (nSPS) is 26.9. The Morgan fingerprint density at radius 3 is 2.75 bits per heavy atom. The average Bonchev–Trinajstić information content (AvgIpc) is 2.33. The summed E-state index contributed by atoms with van der Waals surface area (Å²) < 4.78 is 0. The molecular formula is C14H22N2. The summed E-state index contributed by atoms with van der Waals surface area (Å²) >= 11 is 0. The number of hydrogen-bond acceptors (Lipinski definition) is 2. The molecule has 2 nitrogen and oxygen atoms in total. The molecule has 1 saturated heterocycles. The number of piperidine rings is 1. The van der Waals surface area contributed by atoms with Gasteiger partial charge in [0, 0.05) is 12.1 Å². The zero-order valence-electron chi connectivity index (χ0n) is 10.3. The third-order valence-electron chi connectivity index (χ3n) is 3.55. The van der Waals surface area contributed by atoms with E-state index in [-0.39, 0.29) is 0 Å². The van der Waals surface area contributed by atoms with Crippen LogP contribution < -0.4 is 5.32 Å². The molecule has 16 heavy (non-hydrogen) atoms. The minimum atomic E-state index is 0.582. The van der Waals surface area contributed by atoms with Gasteiger partial charge in [0.2, 0.25) is 0 Å². The smallest absolute Gasteiger partial charge is 0.0359 e. The topological polar surface area (TPSA) is 15.3 Å². The lowest BCUT2D eigenvalue weighted by Gasteiger charge is -2.37. The van der Waals surface area contributed by atoms with E-state index in [1.165, 1.54) is 24.9 Å². The molecule has 1 aliphatic rings. The zero-order chi connectivity index (χ0) is 11.4. The van der Waals surface area contributed by atoms with Crippen molar-refractivity contribution in [3.05, 3.63) is 35.9 Å². The van der Waals surface area contributed by atoms with Gasteiger partial charge in [-0.3, -0.25) is 4.90 Å². The molecule has 2 heteroatoms. The molecule has 1 heterocycles. The largest absolute Gasteiger partial charge is 0.314 e. The van der Waals surface area contributed by atoms with Crippen LogP contribution in [0.25, 0.3) is 0 Å². The molecule has 1 N–H and O–H groups in total. The fourth-order valence-corrected chi connectivity index (χ4v) is 2.62. The van der Waals surface area contributed by atoms with Gasteiger partial charge >= 0.3 is 0 Å². The van der Waals surface area contributed by atoms with Crippen LogP contribution in [0.3, 0.4) is 0 Å². The molecule has 0 radical (unpaired) electrons. The molecule has 0 unspecified atom stereocenters. The van der Waals surface area contributed by atoms with Crippen molar-refractivity contribution in [1.29, 1.82) is 0 Å². The minimum absolute atomic E-state index is 0.582. The van der Waals surface area contributed by atoms with E-state index in [0.29, 0.717) is 12.1 Å². The summed E-state index contributed by atoms with van der Waals surface area (Å²) in [4.78, 5) is 2.48. The second-order valence-corrected chi connectivity index (χ2v) is 4.69. The van der Waals surface area contributed by atoms with Gasteiger partial charge in [-0.2, -0.15) is 0 Å². The monoisotopic (exact) mass is 218 g/mol. The lowest BCUT2D eigenvalue weighted by Crippen LogP contribution is -2.42. The first-order valence-corrected chi connectivity index (χ1v) is 6.30. The molecule has 1 aliphatic heterocycles. The molecule has 1 aromatic carbocycles. The van der Waals surface area contributed by atoms with Crippen LogP contribution in [0.1, 0.15) is 31.4 Å². The van der Waals surface area contributed by atoms with Crippen LogP contribution in [0.2, 0.25) is 0 Å². The summed E-state index contributed by atoms with van der Waals surface area (Å²) in [7, 11) is 2.24. The molecule has 88 valence electrons. The van der Waals surface area contributed by atoms with E-state index in [4.69, 9.17) is 0 Å². The number of likely N-dealkylation sites (tertiary alicyclic amines) is 1. The average molecular weight is 218 g/mol. The Kier molecular flexibility index (Phi) is 3.97. The van der Waals surface area contributed by atoms with E-state index in [0.717, 1.165) is 6.54 Å². The Balaban J connectivity index is 2.07. The minimum Gasteiger partial charge on any atom is -0.314 e. The van der Waals surface area contributed by atoms with E-state index in [1.54, 1.807) is 0 Å². The number of hydrogen-bond donors (Lipinski definition) is 1. The van der Waals surface area contributed by atoms with E-state index in [2.05, 4.69) is 54.5 Å². The molecule has 0 saturated carbocycles. The SMILES string of the molecule is CCN[C@@H]1CCN(C)[C@H](c2ccccc2)C1. The Morgan fingerprint density at radius 2 is 2.06 bits per heavy atom. The van der Waals surface area contributed by atoms with Crippen LogP contribution in [0.4, 0.5) is 0 Å². The van der Waals surface area contributed by atoms with Crippen molar-refractivity contribution in [3.8, 4) is 0 Å². The Morgan fingerprint density at radius 1 is 1.31 bits per heavy atom. The highest BCUT2D eigenvalue weighted by molar-refractivity contribution is 5.19. The summed E-state index contributed by atoms with van der Waals surface area (Å²) in [5.74, 6) is 0. The van der Waals surface area contributed by atoms with Crippen molar-refractivity contribution in [3.63, 3.8) is 0 Å². The fourth-order valence-electron chi connectivity index (χ4n) is 2.62. The maximum absolute atomic E-state index is 3.58. The molecule has 0 bridgehead atoms. The van der Waals surface area contributed by atoms with Crippen molar-refractivity contribution in [1.82, 2.24) is 10.2 Å². The summed E-state index contributed by atoms with van der Waals surface area (Å²) in [6, 6.07) is 12.1. The van der Waals surface area contributed by atoms with E-state index in [1.807, 2.05) is 0 Å². The molecule has 1 fully saturated rings. The van der Waals surface area contributed by atoms with Gasteiger partial charge in [0.05, 0.1) is 0 Å². The molecule has 2 atom stereocenters. The second-order valence-electron chi connectivity index (χ2n) is 4.69. The quantitative estimate of drug-likeness (QED) is 0.838. The van der Waals surface area contributed by atoms with Crippen LogP contribution in [0, 0.1) is 0 Å². The predicted molar refractivity (Wildman–Crippen MR) is 68.5 cm³/mol. The summed E-state index contributed by atoms with van der Waals surface area (Å²) in [5, 5.41) is 3.58. The maximum Gasteiger partial charge on any atom is 0.0359 e. The van der Waals surface area contributed by atoms with Gasteiger partial charge in [-0.05, 0) is 38.5 Å². The first kappa shape index (κ1) is 11.6. The van der Waals surface area contributed by atoms with Gasteiger partial charge in [0.15, 0.2) is 0 Å². The third kappa shape index (κ3) is 2.63. The van der Waals surface area contributed by atoms with Gasteiger partial charge in [-0.1, -0.05) is 37.3 Å². The molecular weight excluding hydrogens is 196 g/mol. The van der Waals surface area contributed by atoms with Crippen molar-refractivity contribution >= 4 is 0 Å². The molecule has 2 rings (SSSR count). The van der Waals surface area contributed by atoms with Crippen molar-refractivity contribution in [2.24, 2.45) is 0 Å². The van der Waals surface area contributed by atoms with Gasteiger partial charge in [-0.15, -0.1) is 0 Å². The van der Waals surface area contributed by atoms with Gasteiger partial charge in [0.25, 0.3) is 0 Å². The number of nitrogens with zero attached hydrogens (tertiary/aromatic N) is 1. The molecule has 0 spiro atoms. The number of nitrogens with one attached hydrogen (secondary N) is 1. The fraction of sp³-hybridized carbons (Fsp3) is 0.571. The van der Waals surface area contributed by atoms with Crippen LogP contribution in [-0.4, -0.2) is 31.1 Å². The molecule has 0 aliphatic carbocycles. The lowest BCUT2D eigenvalue weighted by atomic mass is 9.92. The number of benzene rings is 1. The second kappa shape index (κ2) is 5.46. The number of rotatable bonds is 3. The van der Waals surface area contributed by atoms with Crippen LogP contribution in [-0.2, 0) is 0 Å². The van der Waals surface area contributed by atoms with Crippen LogP contribution >= 0.6 is 0 Å². The van der Waals surface area contributed by atoms with Crippen molar-refractivity contribution < 1.29 is 0 Å². The molecule has 0 aromatic heterocycles. The first-order chi connectivity index (χ1) is 7.81. The van der Waals surface area contributed by atoms with E-state index >= 15 is 0 Å². The third-order valence-corrected chi connectivity index (χ3v) is 3.55. The summed E-state index contributed by atoms with van der Waals surface area (Å²) in [6.45, 7) is 4.46. The maximum atomic E-state index is 3.58. The van der Waals surface area contributed by atoms with Crippen LogP contribution in [0.5, 0.6) is 0 Å². The first-order valence-electron chi connectivity index (χ1n) is 6.30. The zero-order valence-corrected chi connectivity index (χ0v) is 10.3. The molecule has 0 amide bonds. The van der Waals surface area contributed by atoms with Crippen LogP contribution in [0.15, 0.2) is 30.3 Å². The highest BCUT2D eigenvalue weighted by atomic mass is 15.1. The standard InChI is InChI=1S/C14H22N2/c1-3-15-13-9-10-16(2)14(11-13)12-7-5-4-6-8-12/h4-8,13-15H,3,9-11H2,1-2H3/t13-,14+/m1/s1. The highest BCUT2D eigenvalue weighted by Crippen LogP contribution is 2.29. The lowest BCUT2D eigenvalue weighted by molar-refractivity contribution is 0.158. The molecule has 1 aromatic rings. The van der Waals surface area contributed by atoms with Crippen molar-refractivity contribution in [2.75, 3.05) is 20.1 Å². The van der Waals surface area contributed by atoms with Crippen molar-refractivity contribution in [2.45, 2.75) is 31.8 Å². The Hall–Kier alpha value is -0.860. The van der Waals surface area contributed by atoms with Gasteiger partial charge in [0.1, 0.15) is 0 Å². The summed E-state index contributed by atoms with van der Waals surface area (Å²) in [5.41, 5.74) is 1.45. The van der Waals surface area contributed by atoms with E-state index < -0.39 is 0 Å². The van der Waals surface area contributed by atoms with Gasteiger partial charge in [-0.25, -0.2) is 0 Å².